The van der Waals surface area contributed by atoms with Crippen LogP contribution in [0.15, 0.2) is 30.3 Å². The third kappa shape index (κ3) is 4.09. The largest absolute Gasteiger partial charge is 0.380 e. The average molecular weight is 305 g/mol. The number of hydrogen-bond acceptors (Lipinski definition) is 3. The predicted molar refractivity (Wildman–Crippen MR) is 90.7 cm³/mol. The number of methoxy groups -OCH3 is 1. The fourth-order valence-electron chi connectivity index (χ4n) is 3.34. The smallest absolute Gasteiger partial charge is 0.116 e. The maximum atomic E-state index is 6.39. The summed E-state index contributed by atoms with van der Waals surface area (Å²) in [4.78, 5) is 2.45. The molecule has 124 valence electrons. The number of hydrogen-bond donors (Lipinski definition) is 0. The van der Waals surface area contributed by atoms with E-state index < -0.39 is 0 Å². The van der Waals surface area contributed by atoms with Crippen molar-refractivity contribution in [3.05, 3.63) is 35.9 Å². The van der Waals surface area contributed by atoms with Crippen molar-refractivity contribution in [1.82, 2.24) is 4.90 Å². The molecule has 2 rings (SSSR count). The van der Waals surface area contributed by atoms with Gasteiger partial charge >= 0.3 is 0 Å². The maximum absolute atomic E-state index is 6.39. The minimum absolute atomic E-state index is 0.0514. The molecule has 3 heteroatoms. The van der Waals surface area contributed by atoms with E-state index in [1.807, 2.05) is 13.2 Å². The van der Waals surface area contributed by atoms with Crippen molar-refractivity contribution >= 4 is 0 Å². The van der Waals surface area contributed by atoms with Crippen LogP contribution in [0.2, 0.25) is 0 Å². The summed E-state index contributed by atoms with van der Waals surface area (Å²) in [5.74, 6) is 0. The van der Waals surface area contributed by atoms with Crippen molar-refractivity contribution in [3.63, 3.8) is 0 Å². The summed E-state index contributed by atoms with van der Waals surface area (Å²) < 4.78 is 12.1. The molecule has 0 aliphatic carbocycles. The molecule has 1 aromatic carbocycles. The molecule has 0 aromatic heterocycles. The molecule has 0 N–H and O–H groups in total. The van der Waals surface area contributed by atoms with Crippen molar-refractivity contribution in [2.75, 3.05) is 13.7 Å². The van der Waals surface area contributed by atoms with Gasteiger partial charge in [-0.05, 0) is 32.8 Å². The Balaban J connectivity index is 2.16. The van der Waals surface area contributed by atoms with Crippen molar-refractivity contribution in [3.8, 4) is 0 Å². The van der Waals surface area contributed by atoms with Crippen LogP contribution in [-0.2, 0) is 16.1 Å². The second kappa shape index (κ2) is 6.69. The van der Waals surface area contributed by atoms with E-state index in [2.05, 4.69) is 63.8 Å². The number of nitrogens with zero attached hydrogens (tertiary/aromatic N) is 1. The van der Waals surface area contributed by atoms with Crippen LogP contribution in [0.4, 0.5) is 0 Å². The highest BCUT2D eigenvalue weighted by atomic mass is 16.5. The zero-order chi connectivity index (χ0) is 16.4. The molecule has 0 amide bonds. The minimum Gasteiger partial charge on any atom is -0.380 e. The molecule has 0 radical (unpaired) electrons. The van der Waals surface area contributed by atoms with Crippen LogP contribution in [-0.4, -0.2) is 36.4 Å². The van der Waals surface area contributed by atoms with Crippen LogP contribution in [0.3, 0.4) is 0 Å². The second-order valence-corrected chi connectivity index (χ2v) is 8.02. The van der Waals surface area contributed by atoms with Crippen molar-refractivity contribution in [2.24, 2.45) is 5.41 Å². The highest BCUT2D eigenvalue weighted by Gasteiger charge is 2.46. The average Bonchev–Trinajstić information content (AvgIpc) is 2.44. The molecule has 0 spiro atoms. The lowest BCUT2D eigenvalue weighted by Crippen LogP contribution is -2.62. The molecule has 1 aliphatic rings. The summed E-state index contributed by atoms with van der Waals surface area (Å²) in [6.45, 7) is 12.9. The van der Waals surface area contributed by atoms with Crippen molar-refractivity contribution < 1.29 is 9.47 Å². The molecule has 1 aromatic rings. The molecule has 1 saturated heterocycles. The predicted octanol–water partition coefficient (Wildman–Crippen LogP) is 4.07. The zero-order valence-electron chi connectivity index (χ0n) is 14.9. The normalized spacial score (nSPS) is 26.1. The summed E-state index contributed by atoms with van der Waals surface area (Å²) in [6.07, 6.45) is 1.39. The minimum atomic E-state index is 0.0514. The Hall–Kier alpha value is -0.900. The summed E-state index contributed by atoms with van der Waals surface area (Å²) in [7, 11) is 1.81. The quantitative estimate of drug-likeness (QED) is 0.837. The number of ether oxygens (including phenoxy) is 2. The first-order chi connectivity index (χ1) is 10.2. The third-order valence-electron chi connectivity index (χ3n) is 4.55. The van der Waals surface area contributed by atoms with Crippen LogP contribution in [0.25, 0.3) is 0 Å². The first-order valence-corrected chi connectivity index (χ1v) is 8.19. The second-order valence-electron chi connectivity index (χ2n) is 8.02. The zero-order valence-corrected chi connectivity index (χ0v) is 14.9. The Morgan fingerprint density at radius 3 is 2.36 bits per heavy atom. The number of piperidine rings is 1. The van der Waals surface area contributed by atoms with Gasteiger partial charge in [-0.2, -0.15) is 0 Å². The van der Waals surface area contributed by atoms with Crippen LogP contribution in [0.1, 0.15) is 46.6 Å². The van der Waals surface area contributed by atoms with Gasteiger partial charge in [0, 0.05) is 24.6 Å². The van der Waals surface area contributed by atoms with Crippen LogP contribution >= 0.6 is 0 Å². The van der Waals surface area contributed by atoms with Crippen LogP contribution < -0.4 is 0 Å². The lowest BCUT2D eigenvalue weighted by Gasteiger charge is -2.53. The summed E-state index contributed by atoms with van der Waals surface area (Å²) in [5, 5.41) is 0. The maximum Gasteiger partial charge on any atom is 0.116 e. The van der Waals surface area contributed by atoms with Gasteiger partial charge in [-0.1, -0.05) is 44.2 Å². The van der Waals surface area contributed by atoms with Crippen molar-refractivity contribution in [1.29, 1.82) is 0 Å². The van der Waals surface area contributed by atoms with Gasteiger partial charge in [-0.3, -0.25) is 4.90 Å². The lowest BCUT2D eigenvalue weighted by molar-refractivity contribution is -0.206. The van der Waals surface area contributed by atoms with E-state index in [-0.39, 0.29) is 23.3 Å². The van der Waals surface area contributed by atoms with Gasteiger partial charge in [0.1, 0.15) is 6.23 Å². The Labute approximate surface area is 135 Å². The van der Waals surface area contributed by atoms with E-state index in [0.717, 1.165) is 13.0 Å². The van der Waals surface area contributed by atoms with E-state index in [9.17, 15) is 0 Å². The Kier molecular flexibility index (Phi) is 5.31. The van der Waals surface area contributed by atoms with Gasteiger partial charge in [0.2, 0.25) is 0 Å². The molecule has 1 aliphatic heterocycles. The number of rotatable bonds is 4. The van der Waals surface area contributed by atoms with E-state index in [1.165, 1.54) is 5.56 Å². The van der Waals surface area contributed by atoms with Gasteiger partial charge in [0.05, 0.1) is 12.7 Å². The molecule has 2 atom stereocenters. The molecule has 0 bridgehead atoms. The third-order valence-corrected chi connectivity index (χ3v) is 4.55. The molecule has 22 heavy (non-hydrogen) atoms. The fourth-order valence-corrected chi connectivity index (χ4v) is 3.34. The molecule has 1 heterocycles. The summed E-state index contributed by atoms with van der Waals surface area (Å²) in [6, 6.07) is 10.4. The first-order valence-electron chi connectivity index (χ1n) is 8.19. The number of likely N-dealkylation sites (tertiary alicyclic amines) is 1. The molecular formula is C19H31NO2. The SMILES string of the molecule is COC1CN(C(C)(C)C)C(OCc2ccccc2)C(C)(C)C1. The van der Waals surface area contributed by atoms with E-state index in [0.29, 0.717) is 6.61 Å². The van der Waals surface area contributed by atoms with E-state index >= 15 is 0 Å². The van der Waals surface area contributed by atoms with Crippen LogP contribution in [0, 0.1) is 5.41 Å². The summed E-state index contributed by atoms with van der Waals surface area (Å²) >= 11 is 0. The Bertz CT molecular complexity index is 464. The van der Waals surface area contributed by atoms with Gasteiger partial charge in [0.25, 0.3) is 0 Å². The van der Waals surface area contributed by atoms with E-state index in [1.54, 1.807) is 0 Å². The highest BCUT2D eigenvalue weighted by molar-refractivity contribution is 5.13. The highest BCUT2D eigenvalue weighted by Crippen LogP contribution is 2.40. The first kappa shape index (κ1) is 17.5. The lowest BCUT2D eigenvalue weighted by atomic mass is 9.78. The number of benzene rings is 1. The van der Waals surface area contributed by atoms with Crippen LogP contribution in [0.5, 0.6) is 0 Å². The molecular weight excluding hydrogens is 274 g/mol. The van der Waals surface area contributed by atoms with Crippen molar-refractivity contribution in [2.45, 2.75) is 65.5 Å². The summed E-state index contributed by atoms with van der Waals surface area (Å²) in [5.41, 5.74) is 1.33. The molecule has 2 unspecified atom stereocenters. The monoisotopic (exact) mass is 305 g/mol. The Morgan fingerprint density at radius 1 is 1.18 bits per heavy atom. The topological polar surface area (TPSA) is 21.7 Å². The Morgan fingerprint density at radius 2 is 1.82 bits per heavy atom. The van der Waals surface area contributed by atoms with Gasteiger partial charge in [0.15, 0.2) is 0 Å². The van der Waals surface area contributed by atoms with Gasteiger partial charge in [-0.15, -0.1) is 0 Å². The molecule has 0 saturated carbocycles. The standard InChI is InChI=1S/C19H31NO2/c1-18(2,3)20-13-16(21-6)12-19(4,5)17(20)22-14-15-10-8-7-9-11-15/h7-11,16-17H,12-14H2,1-6H3. The molecule has 3 nitrogen and oxygen atoms in total. The van der Waals surface area contributed by atoms with E-state index in [4.69, 9.17) is 9.47 Å². The molecule has 1 fully saturated rings. The van der Waals surface area contributed by atoms with Gasteiger partial charge < -0.3 is 9.47 Å². The fraction of sp³-hybridized carbons (Fsp3) is 0.684. The van der Waals surface area contributed by atoms with Gasteiger partial charge in [-0.25, -0.2) is 0 Å².